The van der Waals surface area contributed by atoms with E-state index in [2.05, 4.69) is 25.9 Å². The van der Waals surface area contributed by atoms with Crippen LogP contribution in [0.2, 0.25) is 0 Å². The van der Waals surface area contributed by atoms with E-state index >= 15 is 0 Å². The zero-order chi connectivity index (χ0) is 18.4. The highest BCUT2D eigenvalue weighted by atomic mass is 79.9. The van der Waals surface area contributed by atoms with Crippen molar-refractivity contribution in [1.29, 1.82) is 0 Å². The first-order valence-electron chi connectivity index (χ1n) is 8.39. The number of methoxy groups -OCH3 is 1. The molecular weight excluding hydrogens is 398 g/mol. The second kappa shape index (κ2) is 8.80. The predicted molar refractivity (Wildman–Crippen MR) is 102 cm³/mol. The lowest BCUT2D eigenvalue weighted by Gasteiger charge is -2.31. The number of piperidine rings is 1. The molecule has 1 atom stereocenters. The minimum Gasteiger partial charge on any atom is -0.497 e. The third-order valence-electron chi connectivity index (χ3n) is 4.09. The van der Waals surface area contributed by atoms with Gasteiger partial charge in [0, 0.05) is 25.0 Å². The minimum atomic E-state index is -0.0942. The highest BCUT2D eigenvalue weighted by Gasteiger charge is 2.24. The number of hydrogen-bond acceptors (Lipinski definition) is 5. The fourth-order valence-electron chi connectivity index (χ4n) is 2.73. The maximum absolute atomic E-state index is 12.5. The van der Waals surface area contributed by atoms with Crippen LogP contribution in [0, 0.1) is 0 Å². The largest absolute Gasteiger partial charge is 0.497 e. The Bertz CT molecular complexity index is 763. The number of carbonyl (C=O) groups excluding carboxylic acids is 1. The third-order valence-corrected chi connectivity index (χ3v) is 4.50. The van der Waals surface area contributed by atoms with Crippen molar-refractivity contribution in [2.45, 2.75) is 18.9 Å². The summed E-state index contributed by atoms with van der Waals surface area (Å²) >= 11 is 3.30. The fraction of sp³-hybridized carbons (Fsp3) is 0.316. The van der Waals surface area contributed by atoms with Crippen LogP contribution in [0.4, 0.5) is 0 Å². The monoisotopic (exact) mass is 417 g/mol. The maximum atomic E-state index is 12.5. The molecule has 7 heteroatoms. The standard InChI is InChI=1S/C19H20BrN3O3/c1-25-16-7-4-14(5-8-16)6-9-18(24)23-10-2-3-17(13-23)26-19-21-11-15(20)12-22-19/h4-9,11-12,17H,2-3,10,13H2,1H3/b9-6+. The van der Waals surface area contributed by atoms with Crippen molar-refractivity contribution in [3.8, 4) is 11.8 Å². The van der Waals surface area contributed by atoms with Crippen molar-refractivity contribution < 1.29 is 14.3 Å². The minimum absolute atomic E-state index is 0.0224. The summed E-state index contributed by atoms with van der Waals surface area (Å²) in [6.07, 6.45) is 8.37. The molecule has 1 fully saturated rings. The van der Waals surface area contributed by atoms with E-state index in [1.54, 1.807) is 30.5 Å². The van der Waals surface area contributed by atoms with Gasteiger partial charge in [0.2, 0.25) is 5.91 Å². The zero-order valence-electron chi connectivity index (χ0n) is 14.5. The van der Waals surface area contributed by atoms with Gasteiger partial charge in [-0.3, -0.25) is 4.79 Å². The van der Waals surface area contributed by atoms with Crippen LogP contribution < -0.4 is 9.47 Å². The van der Waals surface area contributed by atoms with Gasteiger partial charge in [-0.05, 0) is 52.5 Å². The van der Waals surface area contributed by atoms with Crippen LogP contribution >= 0.6 is 15.9 Å². The Balaban J connectivity index is 1.56. The SMILES string of the molecule is COc1ccc(/C=C/C(=O)N2CCCC(Oc3ncc(Br)cn3)C2)cc1. The van der Waals surface area contributed by atoms with Crippen LogP contribution in [0.25, 0.3) is 6.08 Å². The lowest BCUT2D eigenvalue weighted by molar-refractivity contribution is -0.128. The molecule has 0 bridgehead atoms. The molecule has 0 aliphatic carbocycles. The van der Waals surface area contributed by atoms with Gasteiger partial charge in [-0.1, -0.05) is 12.1 Å². The molecule has 1 aliphatic rings. The number of amides is 1. The summed E-state index contributed by atoms with van der Waals surface area (Å²) in [6, 6.07) is 7.90. The number of aromatic nitrogens is 2. The summed E-state index contributed by atoms with van der Waals surface area (Å²) in [5.74, 6) is 0.769. The fourth-order valence-corrected chi connectivity index (χ4v) is 2.94. The highest BCUT2D eigenvalue weighted by molar-refractivity contribution is 9.10. The molecule has 136 valence electrons. The molecule has 1 aromatic heterocycles. The topological polar surface area (TPSA) is 64.5 Å². The molecular formula is C19H20BrN3O3. The van der Waals surface area contributed by atoms with E-state index in [9.17, 15) is 4.79 Å². The molecule has 1 unspecified atom stereocenters. The van der Waals surface area contributed by atoms with Crippen LogP contribution in [0.1, 0.15) is 18.4 Å². The van der Waals surface area contributed by atoms with E-state index in [1.807, 2.05) is 30.3 Å². The summed E-state index contributed by atoms with van der Waals surface area (Å²) in [6.45, 7) is 1.26. The molecule has 6 nitrogen and oxygen atoms in total. The summed E-state index contributed by atoms with van der Waals surface area (Å²) in [5.41, 5.74) is 0.951. The lowest BCUT2D eigenvalue weighted by Crippen LogP contribution is -2.43. The van der Waals surface area contributed by atoms with Crippen LogP contribution in [0.3, 0.4) is 0 Å². The average Bonchev–Trinajstić information content (AvgIpc) is 2.68. The summed E-state index contributed by atoms with van der Waals surface area (Å²) in [7, 11) is 1.63. The van der Waals surface area contributed by atoms with Gasteiger partial charge >= 0.3 is 6.01 Å². The molecule has 3 rings (SSSR count). The quantitative estimate of drug-likeness (QED) is 0.698. The second-order valence-electron chi connectivity index (χ2n) is 5.96. The molecule has 0 N–H and O–H groups in total. The molecule has 1 aliphatic heterocycles. The molecule has 1 saturated heterocycles. The van der Waals surface area contributed by atoms with E-state index in [0.717, 1.165) is 35.2 Å². The number of nitrogens with zero attached hydrogens (tertiary/aromatic N) is 3. The van der Waals surface area contributed by atoms with Gasteiger partial charge < -0.3 is 14.4 Å². The Morgan fingerprint density at radius 2 is 2.00 bits per heavy atom. The number of carbonyl (C=O) groups is 1. The Labute approximate surface area is 161 Å². The van der Waals surface area contributed by atoms with E-state index in [0.29, 0.717) is 12.6 Å². The van der Waals surface area contributed by atoms with Gasteiger partial charge in [-0.2, -0.15) is 0 Å². The number of benzene rings is 1. The molecule has 2 heterocycles. The maximum Gasteiger partial charge on any atom is 0.316 e. The smallest absolute Gasteiger partial charge is 0.316 e. The van der Waals surface area contributed by atoms with Gasteiger partial charge in [0.15, 0.2) is 0 Å². The van der Waals surface area contributed by atoms with E-state index in [1.165, 1.54) is 0 Å². The van der Waals surface area contributed by atoms with Gasteiger partial charge in [0.1, 0.15) is 11.9 Å². The molecule has 1 aromatic carbocycles. The van der Waals surface area contributed by atoms with E-state index in [4.69, 9.17) is 9.47 Å². The Hall–Kier alpha value is -2.41. The van der Waals surface area contributed by atoms with Crippen LogP contribution in [0.5, 0.6) is 11.8 Å². The molecule has 0 saturated carbocycles. The van der Waals surface area contributed by atoms with Crippen LogP contribution in [-0.4, -0.2) is 47.1 Å². The first kappa shape index (κ1) is 18.4. The number of ether oxygens (including phenoxy) is 2. The average molecular weight is 418 g/mol. The lowest BCUT2D eigenvalue weighted by atomic mass is 10.1. The summed E-state index contributed by atoms with van der Waals surface area (Å²) in [5, 5.41) is 0. The van der Waals surface area contributed by atoms with Crippen molar-refractivity contribution in [2.75, 3.05) is 20.2 Å². The first-order valence-corrected chi connectivity index (χ1v) is 9.18. The Morgan fingerprint density at radius 3 is 2.69 bits per heavy atom. The van der Waals surface area contributed by atoms with Gasteiger partial charge in [-0.25, -0.2) is 9.97 Å². The number of likely N-dealkylation sites (tertiary alicyclic amines) is 1. The Morgan fingerprint density at radius 1 is 1.27 bits per heavy atom. The predicted octanol–water partition coefficient (Wildman–Crippen LogP) is 3.33. The highest BCUT2D eigenvalue weighted by Crippen LogP contribution is 2.17. The third kappa shape index (κ3) is 5.05. The number of rotatable bonds is 5. The van der Waals surface area contributed by atoms with Crippen molar-refractivity contribution in [3.63, 3.8) is 0 Å². The van der Waals surface area contributed by atoms with E-state index in [-0.39, 0.29) is 12.0 Å². The van der Waals surface area contributed by atoms with Crippen LogP contribution in [-0.2, 0) is 4.79 Å². The van der Waals surface area contributed by atoms with Crippen molar-refractivity contribution in [2.24, 2.45) is 0 Å². The van der Waals surface area contributed by atoms with Crippen molar-refractivity contribution in [1.82, 2.24) is 14.9 Å². The zero-order valence-corrected chi connectivity index (χ0v) is 16.1. The molecule has 26 heavy (non-hydrogen) atoms. The van der Waals surface area contributed by atoms with Crippen molar-refractivity contribution >= 4 is 27.9 Å². The summed E-state index contributed by atoms with van der Waals surface area (Å²) in [4.78, 5) is 22.5. The molecule has 1 amide bonds. The summed E-state index contributed by atoms with van der Waals surface area (Å²) < 4.78 is 11.7. The first-order chi connectivity index (χ1) is 12.6. The number of halogens is 1. The van der Waals surface area contributed by atoms with Crippen molar-refractivity contribution in [3.05, 3.63) is 52.8 Å². The molecule has 0 radical (unpaired) electrons. The molecule has 0 spiro atoms. The van der Waals surface area contributed by atoms with Crippen LogP contribution in [0.15, 0.2) is 47.2 Å². The number of hydrogen-bond donors (Lipinski definition) is 0. The molecule has 2 aromatic rings. The normalized spacial score (nSPS) is 17.3. The second-order valence-corrected chi connectivity index (χ2v) is 6.87. The van der Waals surface area contributed by atoms with Gasteiger partial charge in [0.25, 0.3) is 0 Å². The van der Waals surface area contributed by atoms with Gasteiger partial charge in [0.05, 0.1) is 18.1 Å². The van der Waals surface area contributed by atoms with Gasteiger partial charge in [-0.15, -0.1) is 0 Å². The van der Waals surface area contributed by atoms with E-state index < -0.39 is 0 Å². The Kier molecular flexibility index (Phi) is 6.22.